The summed E-state index contributed by atoms with van der Waals surface area (Å²) in [6.07, 6.45) is 4.09. The minimum Gasteiger partial charge on any atom is -0.356 e. The van der Waals surface area contributed by atoms with Gasteiger partial charge < -0.3 is 5.32 Å². The third kappa shape index (κ3) is 2.82. The van der Waals surface area contributed by atoms with Crippen LogP contribution in [-0.2, 0) is 5.41 Å². The summed E-state index contributed by atoms with van der Waals surface area (Å²) in [4.78, 5) is 2.74. The van der Waals surface area contributed by atoms with E-state index in [2.05, 4.69) is 79.2 Å². The molecule has 1 aliphatic heterocycles. The molecule has 2 aliphatic carbocycles. The molecule has 27 heavy (non-hydrogen) atoms. The van der Waals surface area contributed by atoms with Crippen molar-refractivity contribution in [3.63, 3.8) is 0 Å². The van der Waals surface area contributed by atoms with E-state index in [1.54, 1.807) is 0 Å². The van der Waals surface area contributed by atoms with Gasteiger partial charge in [-0.2, -0.15) is 0 Å². The number of nitrogens with zero attached hydrogens (tertiary/aromatic N) is 1. The van der Waals surface area contributed by atoms with Gasteiger partial charge in [0.15, 0.2) is 0 Å². The fraction of sp³-hybridized carbons (Fsp3) is 0.440. The minimum atomic E-state index is 0.232. The first-order valence-electron chi connectivity index (χ1n) is 10.5. The van der Waals surface area contributed by atoms with Crippen molar-refractivity contribution in [3.8, 4) is 0 Å². The Balaban J connectivity index is 1.51. The lowest BCUT2D eigenvalue weighted by molar-refractivity contribution is 0.0645. The smallest absolute Gasteiger partial charge is 0.0387 e. The van der Waals surface area contributed by atoms with E-state index in [1.165, 1.54) is 54.7 Å². The van der Waals surface area contributed by atoms with E-state index in [0.717, 1.165) is 11.6 Å². The lowest BCUT2D eigenvalue weighted by Gasteiger charge is -2.55. The molecule has 140 valence electrons. The van der Waals surface area contributed by atoms with E-state index in [4.69, 9.17) is 0 Å². The molecule has 1 heterocycles. The summed E-state index contributed by atoms with van der Waals surface area (Å²) in [6.45, 7) is 12.0. The predicted octanol–water partition coefficient (Wildman–Crippen LogP) is 5.84. The number of nitrogens with one attached hydrogen (secondary N) is 1. The molecule has 0 spiro atoms. The van der Waals surface area contributed by atoms with Gasteiger partial charge in [0.2, 0.25) is 0 Å². The summed E-state index contributed by atoms with van der Waals surface area (Å²) >= 11 is 0. The number of hydrogen-bond acceptors (Lipinski definition) is 2. The van der Waals surface area contributed by atoms with E-state index in [9.17, 15) is 0 Å². The highest BCUT2D eigenvalue weighted by Crippen LogP contribution is 2.53. The topological polar surface area (TPSA) is 15.3 Å². The Morgan fingerprint density at radius 3 is 2.63 bits per heavy atom. The van der Waals surface area contributed by atoms with E-state index < -0.39 is 0 Å². The van der Waals surface area contributed by atoms with Gasteiger partial charge in [-0.25, -0.2) is 0 Å². The molecule has 2 nitrogen and oxygen atoms in total. The number of hydrogen-bond donors (Lipinski definition) is 1. The third-order valence-electron chi connectivity index (χ3n) is 7.38. The highest BCUT2D eigenvalue weighted by molar-refractivity contribution is 5.77. The van der Waals surface area contributed by atoms with Gasteiger partial charge in [-0.1, -0.05) is 44.7 Å². The maximum absolute atomic E-state index is 4.59. The molecule has 2 fully saturated rings. The van der Waals surface area contributed by atoms with Crippen molar-refractivity contribution in [2.75, 3.05) is 18.4 Å². The molecule has 5 rings (SSSR count). The van der Waals surface area contributed by atoms with Crippen molar-refractivity contribution < 1.29 is 0 Å². The van der Waals surface area contributed by atoms with Gasteiger partial charge in [0.25, 0.3) is 0 Å². The second kappa shape index (κ2) is 6.24. The zero-order chi connectivity index (χ0) is 18.6. The quantitative estimate of drug-likeness (QED) is 0.739. The molecular weight excluding hydrogens is 328 g/mol. The first-order chi connectivity index (χ1) is 13.1. The molecule has 0 radical (unpaired) electrons. The van der Waals surface area contributed by atoms with E-state index in [0.29, 0.717) is 12.0 Å². The molecule has 0 amide bonds. The minimum absolute atomic E-state index is 0.232. The van der Waals surface area contributed by atoms with Crippen molar-refractivity contribution in [2.45, 2.75) is 44.6 Å². The first kappa shape index (κ1) is 17.1. The Labute approximate surface area is 163 Å². The Hall–Kier alpha value is -2.06. The number of para-hydroxylation sites is 1. The van der Waals surface area contributed by atoms with Gasteiger partial charge in [0.05, 0.1) is 0 Å². The standard InChI is InChI=1S/C25H30N2/c1-17-22-12-11-21(26-20-7-5-4-6-8-20)15-23(22)25(3)13-14-27(16-19-9-10-19)24(17)18(25)2/h4-8,11-12,15,18-19,24,26H,1,9-10,13-14,16H2,2-3H3/t18-,24+,25+/m0/s1. The molecule has 2 aromatic rings. The molecular formula is C25H30N2. The van der Waals surface area contributed by atoms with Crippen LogP contribution >= 0.6 is 0 Å². The lowest BCUT2D eigenvalue weighted by Crippen LogP contribution is -2.57. The second-order valence-electron chi connectivity index (χ2n) is 9.12. The Bertz CT molecular complexity index is 867. The average molecular weight is 359 g/mol. The molecule has 0 aromatic heterocycles. The summed E-state index contributed by atoms with van der Waals surface area (Å²) in [6, 6.07) is 17.9. The van der Waals surface area contributed by atoms with Gasteiger partial charge in [-0.3, -0.25) is 4.90 Å². The van der Waals surface area contributed by atoms with Crippen LogP contribution in [0.3, 0.4) is 0 Å². The normalized spacial score (nSPS) is 30.1. The lowest BCUT2D eigenvalue weighted by atomic mass is 9.57. The number of piperidine rings is 1. The van der Waals surface area contributed by atoms with Crippen LogP contribution in [0.1, 0.15) is 44.2 Å². The van der Waals surface area contributed by atoms with Gasteiger partial charge in [0.1, 0.15) is 0 Å². The highest BCUT2D eigenvalue weighted by atomic mass is 15.2. The molecule has 2 heteroatoms. The predicted molar refractivity (Wildman–Crippen MR) is 114 cm³/mol. The van der Waals surface area contributed by atoms with Crippen molar-refractivity contribution >= 4 is 16.9 Å². The van der Waals surface area contributed by atoms with Crippen molar-refractivity contribution in [3.05, 3.63) is 66.2 Å². The molecule has 1 N–H and O–H groups in total. The van der Waals surface area contributed by atoms with Gasteiger partial charge >= 0.3 is 0 Å². The molecule has 3 atom stereocenters. The Morgan fingerprint density at radius 2 is 1.89 bits per heavy atom. The average Bonchev–Trinajstić information content (AvgIpc) is 3.49. The number of anilines is 2. The monoisotopic (exact) mass is 358 g/mol. The maximum Gasteiger partial charge on any atom is 0.0387 e. The Morgan fingerprint density at radius 1 is 1.11 bits per heavy atom. The molecule has 2 aromatic carbocycles. The fourth-order valence-electron chi connectivity index (χ4n) is 5.37. The van der Waals surface area contributed by atoms with Gasteiger partial charge in [-0.05, 0) is 84.0 Å². The number of benzene rings is 2. The Kier molecular flexibility index (Phi) is 3.94. The summed E-state index contributed by atoms with van der Waals surface area (Å²) in [5, 5.41) is 3.58. The second-order valence-corrected chi connectivity index (χ2v) is 9.12. The molecule has 1 saturated heterocycles. The van der Waals surface area contributed by atoms with Crippen LogP contribution in [0.4, 0.5) is 11.4 Å². The van der Waals surface area contributed by atoms with Crippen LogP contribution in [0.25, 0.3) is 5.57 Å². The summed E-state index contributed by atoms with van der Waals surface area (Å²) < 4.78 is 0. The van der Waals surface area contributed by atoms with Crippen LogP contribution in [-0.4, -0.2) is 24.0 Å². The van der Waals surface area contributed by atoms with E-state index in [-0.39, 0.29) is 5.41 Å². The zero-order valence-electron chi connectivity index (χ0n) is 16.5. The largest absolute Gasteiger partial charge is 0.356 e. The van der Waals surface area contributed by atoms with Crippen molar-refractivity contribution in [1.82, 2.24) is 4.90 Å². The van der Waals surface area contributed by atoms with Crippen LogP contribution in [0, 0.1) is 11.8 Å². The summed E-state index contributed by atoms with van der Waals surface area (Å²) in [5.41, 5.74) is 6.77. The molecule has 2 bridgehead atoms. The van der Waals surface area contributed by atoms with Crippen molar-refractivity contribution in [1.29, 1.82) is 0 Å². The van der Waals surface area contributed by atoms with Gasteiger partial charge in [-0.15, -0.1) is 0 Å². The maximum atomic E-state index is 4.59. The first-order valence-corrected chi connectivity index (χ1v) is 10.5. The molecule has 0 unspecified atom stereocenters. The summed E-state index contributed by atoms with van der Waals surface area (Å²) in [7, 11) is 0. The van der Waals surface area contributed by atoms with Crippen LogP contribution in [0.15, 0.2) is 55.1 Å². The van der Waals surface area contributed by atoms with Crippen LogP contribution < -0.4 is 5.32 Å². The van der Waals surface area contributed by atoms with Crippen LogP contribution in [0.2, 0.25) is 0 Å². The van der Waals surface area contributed by atoms with Crippen molar-refractivity contribution in [2.24, 2.45) is 11.8 Å². The number of fused-ring (bicyclic) bond motifs is 4. The highest BCUT2D eigenvalue weighted by Gasteiger charge is 2.50. The number of likely N-dealkylation sites (tertiary alicyclic amines) is 1. The van der Waals surface area contributed by atoms with E-state index in [1.807, 2.05) is 0 Å². The van der Waals surface area contributed by atoms with E-state index >= 15 is 0 Å². The van der Waals surface area contributed by atoms with Gasteiger partial charge in [0, 0.05) is 24.0 Å². The fourth-order valence-corrected chi connectivity index (χ4v) is 5.37. The SMILES string of the molecule is C=C1c2ccc(Nc3ccccc3)cc2[C@]2(C)CCN(CC3CC3)[C@H]1[C@@H]2C. The molecule has 3 aliphatic rings. The summed E-state index contributed by atoms with van der Waals surface area (Å²) in [5.74, 6) is 1.55. The van der Waals surface area contributed by atoms with Crippen LogP contribution in [0.5, 0.6) is 0 Å². The zero-order valence-corrected chi connectivity index (χ0v) is 16.5. The number of rotatable bonds is 4. The third-order valence-corrected chi connectivity index (χ3v) is 7.38. The molecule has 1 saturated carbocycles.